The topological polar surface area (TPSA) is 69.7 Å². The molecule has 0 saturated carbocycles. The average Bonchev–Trinajstić information content (AvgIpc) is 2.94. The Morgan fingerprint density at radius 1 is 1.15 bits per heavy atom. The fraction of sp³-hybridized carbons (Fsp3) is 0.150. The molecule has 0 fully saturated rings. The van der Waals surface area contributed by atoms with Gasteiger partial charge in [0.15, 0.2) is 0 Å². The van der Waals surface area contributed by atoms with Gasteiger partial charge in [0.1, 0.15) is 11.4 Å². The van der Waals surface area contributed by atoms with Gasteiger partial charge in [-0.15, -0.1) is 0 Å². The Hall–Kier alpha value is -2.93. The van der Waals surface area contributed by atoms with Gasteiger partial charge in [-0.2, -0.15) is 0 Å². The van der Waals surface area contributed by atoms with Crippen LogP contribution in [0.2, 0.25) is 0 Å². The van der Waals surface area contributed by atoms with Crippen molar-refractivity contribution in [2.75, 3.05) is 7.11 Å². The van der Waals surface area contributed by atoms with Crippen molar-refractivity contribution in [2.45, 2.75) is 13.8 Å². The number of halogens is 1. The minimum absolute atomic E-state index is 0.0247. The van der Waals surface area contributed by atoms with Crippen molar-refractivity contribution in [3.8, 4) is 11.4 Å². The molecule has 0 aliphatic heterocycles. The van der Waals surface area contributed by atoms with E-state index in [0.717, 1.165) is 27.1 Å². The van der Waals surface area contributed by atoms with Crippen molar-refractivity contribution in [2.24, 2.45) is 4.99 Å². The van der Waals surface area contributed by atoms with Gasteiger partial charge in [-0.3, -0.25) is 15.1 Å². The van der Waals surface area contributed by atoms with Crippen molar-refractivity contribution in [1.82, 2.24) is 4.57 Å². The Labute approximate surface area is 165 Å². The molecule has 0 saturated heterocycles. The molecule has 0 amide bonds. The lowest BCUT2D eigenvalue weighted by molar-refractivity contribution is -0.384. The Morgan fingerprint density at radius 2 is 1.85 bits per heavy atom. The first-order chi connectivity index (χ1) is 12.9. The Morgan fingerprint density at radius 3 is 2.48 bits per heavy atom. The SMILES string of the molecule is COc1ccc([N+](=O)[O-])cc1N=Cc1cc(C)n(-c2ccc(Br)cc2)c1C. The van der Waals surface area contributed by atoms with Crippen LogP contribution in [0.1, 0.15) is 17.0 Å². The van der Waals surface area contributed by atoms with Gasteiger partial charge in [-0.25, -0.2) is 0 Å². The van der Waals surface area contributed by atoms with Crippen molar-refractivity contribution >= 4 is 33.5 Å². The maximum absolute atomic E-state index is 11.0. The van der Waals surface area contributed by atoms with E-state index in [1.807, 2.05) is 44.2 Å². The van der Waals surface area contributed by atoms with E-state index in [1.165, 1.54) is 19.2 Å². The molecule has 1 heterocycles. The summed E-state index contributed by atoms with van der Waals surface area (Å²) in [5.41, 5.74) is 4.48. The number of ether oxygens (including phenoxy) is 1. The van der Waals surface area contributed by atoms with E-state index in [0.29, 0.717) is 11.4 Å². The number of rotatable bonds is 5. The van der Waals surface area contributed by atoms with Crippen molar-refractivity contribution < 1.29 is 9.66 Å². The van der Waals surface area contributed by atoms with Gasteiger partial charge in [0.05, 0.1) is 12.0 Å². The third-order valence-electron chi connectivity index (χ3n) is 4.27. The third kappa shape index (κ3) is 3.93. The summed E-state index contributed by atoms with van der Waals surface area (Å²) >= 11 is 3.45. The summed E-state index contributed by atoms with van der Waals surface area (Å²) < 4.78 is 8.42. The highest BCUT2D eigenvalue weighted by Gasteiger charge is 2.12. The maximum atomic E-state index is 11.0. The van der Waals surface area contributed by atoms with E-state index < -0.39 is 4.92 Å². The molecule has 0 aliphatic rings. The van der Waals surface area contributed by atoms with Crippen molar-refractivity contribution in [3.05, 3.63) is 80.1 Å². The molecule has 0 radical (unpaired) electrons. The van der Waals surface area contributed by atoms with Gasteiger partial charge >= 0.3 is 0 Å². The average molecular weight is 428 g/mol. The number of nitro benzene ring substituents is 1. The zero-order valence-electron chi connectivity index (χ0n) is 15.1. The van der Waals surface area contributed by atoms with Gasteiger partial charge < -0.3 is 9.30 Å². The lowest BCUT2D eigenvalue weighted by Crippen LogP contribution is -1.99. The molecule has 3 aromatic rings. The summed E-state index contributed by atoms with van der Waals surface area (Å²) in [6.07, 6.45) is 1.71. The van der Waals surface area contributed by atoms with Crippen LogP contribution in [0.3, 0.4) is 0 Å². The van der Waals surface area contributed by atoms with E-state index >= 15 is 0 Å². The number of non-ortho nitro benzene ring substituents is 1. The van der Waals surface area contributed by atoms with Crippen LogP contribution in [0.5, 0.6) is 5.75 Å². The molecule has 27 heavy (non-hydrogen) atoms. The summed E-state index contributed by atoms with van der Waals surface area (Å²) in [6, 6.07) is 14.5. The zero-order chi connectivity index (χ0) is 19.6. The smallest absolute Gasteiger partial charge is 0.271 e. The molecule has 6 nitrogen and oxygen atoms in total. The lowest BCUT2D eigenvalue weighted by Gasteiger charge is -2.09. The van der Waals surface area contributed by atoms with Crippen LogP contribution in [-0.2, 0) is 0 Å². The van der Waals surface area contributed by atoms with Crippen LogP contribution in [-0.4, -0.2) is 22.8 Å². The van der Waals surface area contributed by atoms with Crippen molar-refractivity contribution in [1.29, 1.82) is 0 Å². The van der Waals surface area contributed by atoms with Gasteiger partial charge in [0.2, 0.25) is 0 Å². The normalized spacial score (nSPS) is 11.1. The first-order valence-corrected chi connectivity index (χ1v) is 9.01. The molecule has 2 aromatic carbocycles. The largest absolute Gasteiger partial charge is 0.494 e. The fourth-order valence-electron chi connectivity index (χ4n) is 2.94. The summed E-state index contributed by atoms with van der Waals surface area (Å²) in [4.78, 5) is 15.0. The number of aryl methyl sites for hydroxylation is 1. The number of nitro groups is 1. The molecular formula is C20H18BrN3O3. The highest BCUT2D eigenvalue weighted by Crippen LogP contribution is 2.31. The number of nitrogens with zero attached hydrogens (tertiary/aromatic N) is 3. The molecule has 0 bridgehead atoms. The second-order valence-corrected chi connectivity index (χ2v) is 6.93. The standard InChI is InChI=1S/C20H18BrN3O3/c1-13-10-15(14(2)23(13)17-6-4-16(21)5-7-17)12-22-19-11-18(24(25)26)8-9-20(19)27-3/h4-12H,1-3H3. The molecule has 138 valence electrons. The van der Waals surface area contributed by atoms with Crippen LogP contribution in [0.25, 0.3) is 5.69 Å². The number of benzene rings is 2. The van der Waals surface area contributed by atoms with Crippen LogP contribution in [0.4, 0.5) is 11.4 Å². The van der Waals surface area contributed by atoms with Gasteiger partial charge in [0.25, 0.3) is 5.69 Å². The van der Waals surface area contributed by atoms with Crippen LogP contribution < -0.4 is 4.74 Å². The molecular weight excluding hydrogens is 410 g/mol. The van der Waals surface area contributed by atoms with Crippen LogP contribution in [0.15, 0.2) is 58.0 Å². The number of hydrogen-bond acceptors (Lipinski definition) is 4. The Balaban J connectivity index is 1.99. The van der Waals surface area contributed by atoms with E-state index in [9.17, 15) is 10.1 Å². The molecule has 0 atom stereocenters. The number of methoxy groups -OCH3 is 1. The molecule has 0 unspecified atom stereocenters. The predicted molar refractivity (Wildman–Crippen MR) is 110 cm³/mol. The zero-order valence-corrected chi connectivity index (χ0v) is 16.7. The van der Waals surface area contributed by atoms with Gasteiger partial charge in [-0.1, -0.05) is 15.9 Å². The quantitative estimate of drug-likeness (QED) is 0.305. The van der Waals surface area contributed by atoms with E-state index in [2.05, 4.69) is 25.5 Å². The Kier molecular flexibility index (Phi) is 5.41. The molecule has 0 spiro atoms. The predicted octanol–water partition coefficient (Wildman–Crippen LogP) is 5.52. The number of hydrogen-bond donors (Lipinski definition) is 0. The summed E-state index contributed by atoms with van der Waals surface area (Å²) in [5, 5.41) is 11.0. The number of aromatic nitrogens is 1. The summed E-state index contributed by atoms with van der Waals surface area (Å²) in [7, 11) is 1.51. The Bertz CT molecular complexity index is 1020. The fourth-order valence-corrected chi connectivity index (χ4v) is 3.20. The molecule has 3 rings (SSSR count). The third-order valence-corrected chi connectivity index (χ3v) is 4.80. The molecule has 0 aliphatic carbocycles. The number of aliphatic imine (C=N–C) groups is 1. The van der Waals surface area contributed by atoms with E-state index in [1.54, 1.807) is 12.3 Å². The second kappa shape index (κ2) is 7.75. The minimum Gasteiger partial charge on any atom is -0.494 e. The van der Waals surface area contributed by atoms with Crippen LogP contribution in [0, 0.1) is 24.0 Å². The second-order valence-electron chi connectivity index (χ2n) is 6.01. The summed E-state index contributed by atoms with van der Waals surface area (Å²) in [6.45, 7) is 4.04. The van der Waals surface area contributed by atoms with E-state index in [4.69, 9.17) is 4.74 Å². The molecule has 7 heteroatoms. The minimum atomic E-state index is -0.447. The first kappa shape index (κ1) is 18.8. The highest BCUT2D eigenvalue weighted by molar-refractivity contribution is 9.10. The lowest BCUT2D eigenvalue weighted by atomic mass is 10.2. The molecule has 1 aromatic heterocycles. The summed E-state index contributed by atoms with van der Waals surface area (Å²) in [5.74, 6) is 0.485. The van der Waals surface area contributed by atoms with Gasteiger partial charge in [0, 0.05) is 45.5 Å². The van der Waals surface area contributed by atoms with Crippen LogP contribution >= 0.6 is 15.9 Å². The molecule has 0 N–H and O–H groups in total. The van der Waals surface area contributed by atoms with Gasteiger partial charge in [-0.05, 0) is 50.2 Å². The monoisotopic (exact) mass is 427 g/mol. The maximum Gasteiger partial charge on any atom is 0.271 e. The highest BCUT2D eigenvalue weighted by atomic mass is 79.9. The van der Waals surface area contributed by atoms with Crippen molar-refractivity contribution in [3.63, 3.8) is 0 Å². The first-order valence-electron chi connectivity index (χ1n) is 8.22. The van der Waals surface area contributed by atoms with E-state index in [-0.39, 0.29) is 5.69 Å².